The summed E-state index contributed by atoms with van der Waals surface area (Å²) in [6.45, 7) is 9.34. The molecule has 386 valence electrons. The molecule has 0 amide bonds. The van der Waals surface area contributed by atoms with Crippen LogP contribution in [0.5, 0.6) is 0 Å². The lowest BCUT2D eigenvalue weighted by atomic mass is 10.0. The van der Waals surface area contributed by atoms with E-state index in [0.29, 0.717) is 0 Å². The lowest BCUT2D eigenvalue weighted by Crippen LogP contribution is -3.16. The van der Waals surface area contributed by atoms with E-state index in [2.05, 4.69) is 27.7 Å². The summed E-state index contributed by atoms with van der Waals surface area (Å²) in [5.74, 6) is -15.2. The van der Waals surface area contributed by atoms with Gasteiger partial charge in [0, 0.05) is 6.07 Å². The molecule has 0 aromatic heterocycles. The SMILES string of the molecule is CCCCCCCC[CH2][Al-]([CH2]CCCCCCCC)([CH2]CCCCCCCC)[CH2]CCCCCCCC.CCCC[NH+](c1cc(F)c(F)c(C(F)(F)C(F)(F)F)c1F)C(F)(F)C(F)(F)F. The van der Waals surface area contributed by atoms with Crippen molar-refractivity contribution in [3.8, 4) is 0 Å². The van der Waals surface area contributed by atoms with Gasteiger partial charge in [0.15, 0.2) is 23.1 Å². The van der Waals surface area contributed by atoms with Crippen molar-refractivity contribution in [3.05, 3.63) is 29.1 Å². The number of hydrogen-bond donors (Lipinski definition) is 1. The molecule has 15 heteroatoms. The maximum Gasteiger partial charge on any atom is 0.515 e. The average Bonchev–Trinajstić information content (AvgIpc) is 3.23. The van der Waals surface area contributed by atoms with Crippen LogP contribution in [0.4, 0.5) is 62.8 Å². The Morgan fingerprint density at radius 3 is 0.954 bits per heavy atom. The van der Waals surface area contributed by atoms with E-state index in [1.54, 1.807) is 46.8 Å². The van der Waals surface area contributed by atoms with Crippen LogP contribution in [0.15, 0.2) is 6.07 Å². The standard InChI is InChI=1S/C14H10F13N.4C9H19.Al/c1-2-3-4-28(14(26,27)13(23,24)25)7-5-6(15)9(16)8(10(7)17)11(18,19)12(20,21)22;4*1-3-5-7-9-8-6-4-2;/h5H,2-4H2,1H3;4*1,3-9H2,2H3;/q;;;;;-1/p+1. The predicted octanol–water partition coefficient (Wildman–Crippen LogP) is 19.7. The number of halogens is 13. The van der Waals surface area contributed by atoms with Crippen LogP contribution in [0.3, 0.4) is 0 Å². The number of nitrogens with one attached hydrogen (secondary N) is 1. The minimum atomic E-state index is -6.68. The van der Waals surface area contributed by atoms with E-state index in [0.717, 1.165) is 0 Å². The highest BCUT2D eigenvalue weighted by atomic mass is 27.2. The van der Waals surface area contributed by atoms with Gasteiger partial charge in [0.05, 0.1) is 6.54 Å². The molecule has 0 aliphatic heterocycles. The van der Waals surface area contributed by atoms with Gasteiger partial charge in [-0.3, -0.25) is 0 Å². The molecule has 0 aliphatic carbocycles. The monoisotopic (exact) mass is 976 g/mol. The van der Waals surface area contributed by atoms with Crippen LogP contribution in [0.25, 0.3) is 0 Å². The van der Waals surface area contributed by atoms with Crippen molar-refractivity contribution in [1.82, 2.24) is 0 Å². The van der Waals surface area contributed by atoms with Crippen LogP contribution in [0.2, 0.25) is 21.1 Å². The molecule has 0 saturated heterocycles. The van der Waals surface area contributed by atoms with Gasteiger partial charge in [0.2, 0.25) is 0 Å². The minimum absolute atomic E-state index is 0.0751. The van der Waals surface area contributed by atoms with Gasteiger partial charge in [-0.05, 0) is 6.42 Å². The molecular formula is C50H87AlF13N. The molecule has 1 N–H and O–H groups in total. The summed E-state index contributed by atoms with van der Waals surface area (Å²) in [7, 11) is 0. The number of hydrogen-bond acceptors (Lipinski definition) is 0. The van der Waals surface area contributed by atoms with Crippen molar-refractivity contribution >= 4 is 18.8 Å². The highest BCUT2D eigenvalue weighted by Gasteiger charge is 2.68. The summed E-state index contributed by atoms with van der Waals surface area (Å²) in [6.07, 6.45) is 28.1. The third-order valence-corrected chi connectivity index (χ3v) is 19.9. The van der Waals surface area contributed by atoms with E-state index >= 15 is 0 Å². The van der Waals surface area contributed by atoms with E-state index in [1.165, 1.54) is 161 Å². The van der Waals surface area contributed by atoms with Crippen LogP contribution < -0.4 is 4.90 Å². The van der Waals surface area contributed by atoms with Gasteiger partial charge < -0.3 is 0 Å². The Kier molecular flexibility index (Phi) is 34.3. The van der Waals surface area contributed by atoms with Crippen molar-refractivity contribution in [2.45, 2.75) is 273 Å². The largest absolute Gasteiger partial charge is 0.515 e. The molecule has 0 fully saturated rings. The summed E-state index contributed by atoms with van der Waals surface area (Å²) in [5.41, 5.74) is -5.52. The number of benzene rings is 1. The zero-order chi connectivity index (χ0) is 49.4. The first kappa shape index (κ1) is 63.8. The summed E-state index contributed by atoms with van der Waals surface area (Å²) >= 11 is -1.45. The smallest absolute Gasteiger partial charge is 0.231 e. The zero-order valence-electron chi connectivity index (χ0n) is 40.8. The normalized spacial score (nSPS) is 13.3. The van der Waals surface area contributed by atoms with Gasteiger partial charge in [0.25, 0.3) is 0 Å². The Labute approximate surface area is 387 Å². The Hall–Kier alpha value is -1.20. The molecule has 1 aromatic carbocycles. The fraction of sp³-hybridized carbons (Fsp3) is 0.880. The van der Waals surface area contributed by atoms with Gasteiger partial charge in [0.1, 0.15) is 18.6 Å². The molecule has 1 unspecified atom stereocenters. The topological polar surface area (TPSA) is 4.44 Å². The van der Waals surface area contributed by atoms with Crippen LogP contribution >= 0.6 is 0 Å². The molecule has 1 nitrogen and oxygen atoms in total. The first-order valence-electron chi connectivity index (χ1n) is 25.8. The number of alkyl halides is 10. The van der Waals surface area contributed by atoms with Gasteiger partial charge in [-0.25, -0.2) is 13.7 Å². The van der Waals surface area contributed by atoms with Gasteiger partial charge in [-0.1, -0.05) is 221 Å². The summed E-state index contributed by atoms with van der Waals surface area (Å²) in [4.78, 5) is -2.29. The van der Waals surface area contributed by atoms with E-state index in [9.17, 15) is 57.1 Å². The molecule has 0 saturated carbocycles. The highest BCUT2D eigenvalue weighted by molar-refractivity contribution is 6.79. The molecule has 0 bridgehead atoms. The first-order chi connectivity index (χ1) is 30.7. The van der Waals surface area contributed by atoms with E-state index in [1.807, 2.05) is 0 Å². The first-order valence-corrected chi connectivity index (χ1v) is 29.1. The highest BCUT2D eigenvalue weighted by Crippen LogP contribution is 2.47. The van der Waals surface area contributed by atoms with Crippen molar-refractivity contribution in [2.75, 3.05) is 6.54 Å². The van der Waals surface area contributed by atoms with Gasteiger partial charge >= 0.3 is 24.3 Å². The lowest BCUT2D eigenvalue weighted by Gasteiger charge is -2.37. The lowest BCUT2D eigenvalue weighted by molar-refractivity contribution is -0.951. The maximum atomic E-state index is 14.2. The third kappa shape index (κ3) is 24.8. The number of quaternary nitrogens is 1. The van der Waals surface area contributed by atoms with Crippen LogP contribution in [-0.4, -0.2) is 38.0 Å². The third-order valence-electron chi connectivity index (χ3n) is 13.3. The van der Waals surface area contributed by atoms with Crippen molar-refractivity contribution in [1.29, 1.82) is 0 Å². The van der Waals surface area contributed by atoms with Gasteiger partial charge in [-0.2, -0.15) is 60.6 Å². The van der Waals surface area contributed by atoms with Gasteiger partial charge in [-0.15, -0.1) is 8.78 Å². The van der Waals surface area contributed by atoms with Crippen LogP contribution in [0, 0.1) is 17.5 Å². The zero-order valence-corrected chi connectivity index (χ0v) is 42.0. The molecule has 0 aliphatic rings. The van der Waals surface area contributed by atoms with E-state index in [4.69, 9.17) is 0 Å². The Balaban J connectivity index is 0.00000131. The van der Waals surface area contributed by atoms with Crippen molar-refractivity contribution in [3.63, 3.8) is 0 Å². The van der Waals surface area contributed by atoms with Crippen molar-refractivity contribution in [2.24, 2.45) is 0 Å². The fourth-order valence-electron chi connectivity index (χ4n) is 9.23. The Morgan fingerprint density at radius 2 is 0.677 bits per heavy atom. The second kappa shape index (κ2) is 35.0. The Bertz CT molecular complexity index is 1240. The number of rotatable bonds is 38. The molecular weight excluding hydrogens is 889 g/mol. The average molecular weight is 976 g/mol. The van der Waals surface area contributed by atoms with E-state index < -0.39 is 90.0 Å². The molecule has 1 aromatic rings. The fourth-order valence-corrected chi connectivity index (χ4v) is 15.6. The van der Waals surface area contributed by atoms with Crippen molar-refractivity contribution < 1.29 is 62.0 Å². The van der Waals surface area contributed by atoms with E-state index in [-0.39, 0.29) is 6.42 Å². The Morgan fingerprint density at radius 1 is 0.385 bits per heavy atom. The molecule has 0 spiro atoms. The van der Waals surface area contributed by atoms with Crippen LogP contribution in [-0.2, 0) is 5.92 Å². The molecule has 0 heterocycles. The summed E-state index contributed by atoms with van der Waals surface area (Å²) in [6, 6.07) is -6.51. The maximum absolute atomic E-state index is 14.2. The number of unbranched alkanes of at least 4 members (excludes halogenated alkanes) is 25. The second-order valence-electron chi connectivity index (χ2n) is 19.0. The summed E-state index contributed by atoms with van der Waals surface area (Å²) < 4.78 is 171. The summed E-state index contributed by atoms with van der Waals surface area (Å²) in [5, 5.41) is 6.84. The molecule has 65 heavy (non-hydrogen) atoms. The predicted molar refractivity (Wildman–Crippen MR) is 245 cm³/mol. The minimum Gasteiger partial charge on any atom is -0.231 e. The molecule has 1 atom stereocenters. The molecule has 1 rings (SSSR count). The second-order valence-corrected chi connectivity index (χ2v) is 24.8. The van der Waals surface area contributed by atoms with Crippen LogP contribution in [0.1, 0.15) is 233 Å². The molecule has 0 radical (unpaired) electrons. The quantitative estimate of drug-likeness (QED) is 0.0221.